The number of aromatic hydroxyl groups is 2. The molecule has 0 bridgehead atoms. The number of aromatic nitrogens is 1. The molecule has 0 aliphatic carbocycles. The van der Waals surface area contributed by atoms with Crippen LogP contribution in [-0.2, 0) is 106 Å². The lowest BCUT2D eigenvalue weighted by Crippen LogP contribution is -2.61. The van der Waals surface area contributed by atoms with Gasteiger partial charge in [-0.3, -0.25) is 77.8 Å². The maximum Gasteiger partial charge on any atom is 0.305 e. The number of hydrogen-bond acceptors (Lipinski definition) is 21. The number of fused-ring (bicyclic) bond motifs is 1. The van der Waals surface area contributed by atoms with Crippen molar-refractivity contribution in [3.05, 3.63) is 203 Å². The summed E-state index contributed by atoms with van der Waals surface area (Å²) in [7, 11) is 5.22. The van der Waals surface area contributed by atoms with Gasteiger partial charge in [0.1, 0.15) is 66.2 Å². The Labute approximate surface area is 748 Å². The number of phenolic OH excluding ortho intramolecular Hbond substituents is 2. The highest BCUT2D eigenvalue weighted by atomic mass is 32.2. The molecule has 1 aliphatic heterocycles. The molecule has 0 radical (unpaired) electrons. The maximum atomic E-state index is 15.4. The fourth-order valence-electron chi connectivity index (χ4n) is 14.9. The van der Waals surface area contributed by atoms with Crippen LogP contribution < -0.4 is 58.9 Å². The van der Waals surface area contributed by atoms with Crippen molar-refractivity contribution in [2.75, 3.05) is 59.3 Å². The molecule has 6 aromatic carbocycles. The number of likely N-dealkylation sites (N-methyl/N-ethyl adjacent to an activating group) is 4. The Hall–Kier alpha value is -12.8. The van der Waals surface area contributed by atoms with E-state index in [-0.39, 0.29) is 74.5 Å². The molecule has 36 heteroatoms. The number of H-pyrrole nitrogens is 1. The quantitative estimate of drug-likeness (QED) is 0.0432. The van der Waals surface area contributed by atoms with Crippen LogP contribution in [0.4, 0.5) is 0 Å². The Morgan fingerprint density at radius 3 is 1.53 bits per heavy atom. The first-order valence-corrected chi connectivity index (χ1v) is 43.7. The molecular formula is C92H120N16O19S. The van der Waals surface area contributed by atoms with E-state index in [1.165, 1.54) is 81.6 Å². The number of primary amides is 1. The number of carboxylic acid groups (broad SMARTS) is 1. The molecule has 35 nitrogen and oxygen atoms in total. The number of amides is 13. The van der Waals surface area contributed by atoms with Gasteiger partial charge in [0.15, 0.2) is 0 Å². The summed E-state index contributed by atoms with van der Waals surface area (Å²) in [6, 6.07) is 28.4. The third-order valence-electron chi connectivity index (χ3n) is 21.9. The number of rotatable bonds is 23. The minimum Gasteiger partial charge on any atom is -0.508 e. The SMILES string of the molecule is CCCC[C@H]1C(=O)N(C)CC(=O)N[C@@H](CC(=O)O)C(=O)N[C@@H](C(C)C)C(=O)N(C)[C@@H](Cc2ccccc2)C(=O)N[C@@H](Cc2ccc(O)cc2)C(=O)N(C)CC(=O)N[C@@H](Cc2c[nH]c3ccccc23)C(O)N[C@@H](Cc2ccc(O)cc2)C(=O)N[C@@H](CC(C)C)C(=O)N[C@H](C(=O)NCC(N)=O)CSCC(=O)N[C@@H](Cc2ccccc2)C(O)N[C@@H](Cc2ccccc2)C(=O)N1C. The van der Waals surface area contributed by atoms with Crippen molar-refractivity contribution < 1.29 is 92.7 Å². The normalized spacial score (nSPS) is 23.2. The van der Waals surface area contributed by atoms with E-state index < -0.39 is 199 Å². The largest absolute Gasteiger partial charge is 0.508 e. The van der Waals surface area contributed by atoms with Crippen molar-refractivity contribution in [2.45, 2.75) is 184 Å². The molecule has 1 fully saturated rings. The highest BCUT2D eigenvalue weighted by Gasteiger charge is 2.41. The minimum atomic E-state index is -1.89. The van der Waals surface area contributed by atoms with Gasteiger partial charge in [0.25, 0.3) is 0 Å². The zero-order valence-electron chi connectivity index (χ0n) is 73.4. The molecule has 8 rings (SSSR count). The van der Waals surface area contributed by atoms with Crippen molar-refractivity contribution in [3.63, 3.8) is 0 Å². The third-order valence-corrected chi connectivity index (χ3v) is 22.9. The molecule has 128 heavy (non-hydrogen) atoms. The van der Waals surface area contributed by atoms with Crippen LogP contribution in [0.1, 0.15) is 100 Å². The maximum absolute atomic E-state index is 15.4. The number of phenols is 2. The average molecular weight is 1790 g/mol. The number of para-hydroxylation sites is 1. The number of unbranched alkanes of at least 4 members (excludes halogenated alkanes) is 1. The Bertz CT molecular complexity index is 4920. The van der Waals surface area contributed by atoms with Gasteiger partial charge in [-0.1, -0.05) is 181 Å². The molecule has 1 aliphatic rings. The zero-order valence-corrected chi connectivity index (χ0v) is 74.2. The van der Waals surface area contributed by atoms with Gasteiger partial charge in [0.2, 0.25) is 76.8 Å². The van der Waals surface area contributed by atoms with Crippen molar-refractivity contribution in [1.82, 2.24) is 77.8 Å². The molecule has 18 N–H and O–H groups in total. The van der Waals surface area contributed by atoms with E-state index in [0.29, 0.717) is 57.1 Å². The topological polar surface area (TPSA) is 515 Å². The molecule has 688 valence electrons. The lowest BCUT2D eigenvalue weighted by atomic mass is 9.98. The number of aliphatic hydroxyl groups is 2. The average Bonchev–Trinajstić information content (AvgIpc) is 1.23. The van der Waals surface area contributed by atoms with Crippen molar-refractivity contribution in [1.29, 1.82) is 0 Å². The smallest absolute Gasteiger partial charge is 0.305 e. The first-order chi connectivity index (χ1) is 60.9. The van der Waals surface area contributed by atoms with Crippen LogP contribution in [0, 0.1) is 11.8 Å². The highest BCUT2D eigenvalue weighted by molar-refractivity contribution is 8.00. The summed E-state index contributed by atoms with van der Waals surface area (Å²) in [4.78, 5) is 211. The molecule has 2 unspecified atom stereocenters. The summed E-state index contributed by atoms with van der Waals surface area (Å²) >= 11 is 0.861. The number of carbonyl (C=O) groups is 14. The van der Waals surface area contributed by atoms with Crippen LogP contribution in [0.2, 0.25) is 0 Å². The summed E-state index contributed by atoms with van der Waals surface area (Å²) < 4.78 is 0. The molecule has 2 heterocycles. The van der Waals surface area contributed by atoms with Gasteiger partial charge in [-0.2, -0.15) is 0 Å². The van der Waals surface area contributed by atoms with Gasteiger partial charge in [-0.15, -0.1) is 11.8 Å². The van der Waals surface area contributed by atoms with E-state index >= 15 is 24.0 Å². The summed E-state index contributed by atoms with van der Waals surface area (Å²) in [6.07, 6.45) is -3.04. The van der Waals surface area contributed by atoms with Crippen LogP contribution in [-0.4, -0.2) is 271 Å². The number of nitrogens with one attached hydrogen (secondary N) is 11. The Kier molecular flexibility index (Phi) is 38.8. The fraction of sp³-hybridized carbons (Fsp3) is 0.435. The van der Waals surface area contributed by atoms with Crippen molar-refractivity contribution >= 4 is 105 Å². The molecule has 0 spiro atoms. The predicted molar refractivity (Wildman–Crippen MR) is 479 cm³/mol. The van der Waals surface area contributed by atoms with E-state index in [4.69, 9.17) is 5.73 Å². The van der Waals surface area contributed by atoms with Gasteiger partial charge in [-0.05, 0) is 114 Å². The molecule has 13 amide bonds. The van der Waals surface area contributed by atoms with Gasteiger partial charge < -0.3 is 98.4 Å². The summed E-state index contributed by atoms with van der Waals surface area (Å²) in [5, 5.41) is 84.3. The van der Waals surface area contributed by atoms with E-state index in [1.54, 1.807) is 149 Å². The first-order valence-electron chi connectivity index (χ1n) is 42.5. The second kappa shape index (κ2) is 49.4. The standard InChI is InChI=1S/C92H120N16O19S/c1-10-11-31-74-91(126)106(7)51-78(113)97-70(47-80(115)116)87(122)104-81(55(4)5)92(127)108(9)75(45-58-27-19-14-20-28-58)88(123)102-71(44-60-34-38-63(110)39-35-60)89(124)105(6)50-77(112)96-69(46-61-48-94-65-30-22-21-29-64(61)65)86(121)100-68(42-59-32-36-62(109)37-33-59)85(120)99-66(40-54(2)3)83(118)103-73(82(117)95-49-76(93)111)52-128-53-79(114)98-67(41-56-23-15-12-16-24-56)84(119)101-72(90(125)107(74)8)43-57-25-17-13-18-26-57/h12-30,32-39,48,54-55,66-75,81,84,86,94,100-101,109-110,119,121H,10-11,31,40-47,49-53H2,1-9H3,(H2,93,111)(H,95,117)(H,96,112)(H,97,113)(H,98,114)(H,99,120)(H,102,123)(H,103,118)(H,104,122)(H,115,116)/t66-,67-,68-,69-,70-,71-,72-,73-,74-,75-,81-,84?,86?/m0/s1. The molecular weight excluding hydrogens is 1670 g/mol. The van der Waals surface area contributed by atoms with Gasteiger partial charge in [0, 0.05) is 63.9 Å². The Morgan fingerprint density at radius 1 is 0.492 bits per heavy atom. The highest BCUT2D eigenvalue weighted by Crippen LogP contribution is 2.24. The number of aliphatic carboxylic acids is 1. The number of nitrogens with two attached hydrogens (primary N) is 1. The van der Waals surface area contributed by atoms with Gasteiger partial charge in [0.05, 0.1) is 56.0 Å². The number of aliphatic hydroxyl groups excluding tert-OH is 2. The van der Waals surface area contributed by atoms with Crippen LogP contribution in [0.5, 0.6) is 11.5 Å². The Morgan fingerprint density at radius 2 is 0.969 bits per heavy atom. The number of aromatic amines is 1. The van der Waals surface area contributed by atoms with E-state index in [1.807, 2.05) is 6.92 Å². The number of thioether (sulfide) groups is 1. The first kappa shape index (κ1) is 101. The van der Waals surface area contributed by atoms with Gasteiger partial charge >= 0.3 is 5.97 Å². The van der Waals surface area contributed by atoms with Crippen LogP contribution >= 0.6 is 11.8 Å². The number of hydrogen-bond donors (Lipinski definition) is 17. The minimum absolute atomic E-state index is 0.0351. The molecule has 1 saturated heterocycles. The van der Waals surface area contributed by atoms with E-state index in [0.717, 1.165) is 26.5 Å². The number of carbonyl (C=O) groups excluding carboxylic acids is 13. The van der Waals surface area contributed by atoms with Crippen LogP contribution in [0.15, 0.2) is 170 Å². The summed E-state index contributed by atoms with van der Waals surface area (Å²) in [5.41, 5.74) is 9.36. The lowest BCUT2D eigenvalue weighted by Gasteiger charge is -2.35. The summed E-state index contributed by atoms with van der Waals surface area (Å²) in [5.74, 6) is -15.2. The van der Waals surface area contributed by atoms with Crippen LogP contribution in [0.3, 0.4) is 0 Å². The second-order valence-electron chi connectivity index (χ2n) is 33.0. The lowest BCUT2D eigenvalue weighted by molar-refractivity contribution is -0.147. The Balaban J connectivity index is 1.20. The molecule has 1 aromatic heterocycles. The predicted octanol–water partition coefficient (Wildman–Crippen LogP) is 1.57. The molecule has 7 aromatic rings. The number of carboxylic acids is 1. The van der Waals surface area contributed by atoms with Crippen LogP contribution in [0.25, 0.3) is 10.9 Å². The zero-order chi connectivity index (χ0) is 93.4. The molecule has 0 saturated carbocycles. The van der Waals surface area contributed by atoms with Gasteiger partial charge in [-0.25, -0.2) is 0 Å². The number of nitrogens with zero attached hydrogens (tertiary/aromatic N) is 4. The van der Waals surface area contributed by atoms with E-state index in [9.17, 15) is 68.7 Å². The molecule has 13 atom stereocenters. The van der Waals surface area contributed by atoms with E-state index in [2.05, 4.69) is 58.2 Å². The second-order valence-corrected chi connectivity index (χ2v) is 34.0. The summed E-state index contributed by atoms with van der Waals surface area (Å²) in [6.45, 7) is 6.31. The fourth-order valence-corrected chi connectivity index (χ4v) is 15.8. The third kappa shape index (κ3) is 31.1. The van der Waals surface area contributed by atoms with Crippen molar-refractivity contribution in [2.24, 2.45) is 17.6 Å². The van der Waals surface area contributed by atoms with Crippen molar-refractivity contribution in [3.8, 4) is 11.5 Å². The monoisotopic (exact) mass is 1780 g/mol. The number of benzene rings is 6.